The Morgan fingerprint density at radius 3 is 3.06 bits per heavy atom. The van der Waals surface area contributed by atoms with Crippen LogP contribution in [0.15, 0.2) is 24.3 Å². The van der Waals surface area contributed by atoms with Gasteiger partial charge in [-0.15, -0.1) is 0 Å². The third-order valence-electron chi connectivity index (χ3n) is 2.98. The van der Waals surface area contributed by atoms with Gasteiger partial charge in [0.05, 0.1) is 6.04 Å². The quantitative estimate of drug-likeness (QED) is 0.836. The number of piperidine rings is 1. The van der Waals surface area contributed by atoms with Gasteiger partial charge in [0.1, 0.15) is 5.82 Å². The number of benzene rings is 1. The summed E-state index contributed by atoms with van der Waals surface area (Å²) in [6, 6.07) is 6.20. The Labute approximate surface area is 100 Å². The molecule has 0 saturated carbocycles. The number of amides is 1. The Kier molecular flexibility index (Phi) is 4.09. The first-order valence-electron chi connectivity index (χ1n) is 6.01. The van der Waals surface area contributed by atoms with Crippen LogP contribution in [0.5, 0.6) is 0 Å². The largest absolute Gasteiger partial charge is 0.351 e. The molecule has 0 bridgehead atoms. The third kappa shape index (κ3) is 3.53. The Hall–Kier alpha value is -1.42. The summed E-state index contributed by atoms with van der Waals surface area (Å²) in [7, 11) is 0. The highest BCUT2D eigenvalue weighted by Gasteiger charge is 2.19. The van der Waals surface area contributed by atoms with Gasteiger partial charge in [-0.1, -0.05) is 18.6 Å². The molecule has 0 unspecified atom stereocenters. The zero-order valence-corrected chi connectivity index (χ0v) is 9.71. The summed E-state index contributed by atoms with van der Waals surface area (Å²) >= 11 is 0. The van der Waals surface area contributed by atoms with Crippen molar-refractivity contribution in [3.05, 3.63) is 35.6 Å². The molecule has 1 aromatic rings. The van der Waals surface area contributed by atoms with Gasteiger partial charge in [-0.3, -0.25) is 4.79 Å². The van der Waals surface area contributed by atoms with Gasteiger partial charge in [-0.2, -0.15) is 0 Å². The maximum Gasteiger partial charge on any atom is 0.237 e. The van der Waals surface area contributed by atoms with Gasteiger partial charge >= 0.3 is 0 Å². The van der Waals surface area contributed by atoms with Crippen molar-refractivity contribution < 1.29 is 9.18 Å². The van der Waals surface area contributed by atoms with Gasteiger partial charge in [0, 0.05) is 6.54 Å². The monoisotopic (exact) mass is 236 g/mol. The van der Waals surface area contributed by atoms with Crippen LogP contribution in [0.2, 0.25) is 0 Å². The molecule has 1 aliphatic heterocycles. The molecule has 3 nitrogen and oxygen atoms in total. The fourth-order valence-electron chi connectivity index (χ4n) is 2.03. The molecule has 0 spiro atoms. The van der Waals surface area contributed by atoms with E-state index in [4.69, 9.17) is 0 Å². The van der Waals surface area contributed by atoms with Gasteiger partial charge in [0.2, 0.25) is 5.91 Å². The Morgan fingerprint density at radius 2 is 2.35 bits per heavy atom. The van der Waals surface area contributed by atoms with Gasteiger partial charge in [-0.25, -0.2) is 4.39 Å². The third-order valence-corrected chi connectivity index (χ3v) is 2.98. The van der Waals surface area contributed by atoms with Crippen LogP contribution in [0.1, 0.15) is 24.8 Å². The van der Waals surface area contributed by atoms with E-state index in [1.807, 2.05) is 0 Å². The van der Waals surface area contributed by atoms with Crippen LogP contribution in [0.25, 0.3) is 0 Å². The lowest BCUT2D eigenvalue weighted by Gasteiger charge is -2.22. The first kappa shape index (κ1) is 12.0. The van der Waals surface area contributed by atoms with Crippen LogP contribution >= 0.6 is 0 Å². The minimum absolute atomic E-state index is 0.00830. The molecule has 2 N–H and O–H groups in total. The van der Waals surface area contributed by atoms with E-state index in [2.05, 4.69) is 10.6 Å². The van der Waals surface area contributed by atoms with Crippen LogP contribution in [0, 0.1) is 5.82 Å². The first-order valence-corrected chi connectivity index (χ1v) is 6.01. The molecular weight excluding hydrogens is 219 g/mol. The number of carbonyl (C=O) groups excluding carboxylic acids is 1. The van der Waals surface area contributed by atoms with Gasteiger partial charge in [-0.05, 0) is 37.1 Å². The number of nitrogens with one attached hydrogen (secondary N) is 2. The molecule has 2 rings (SSSR count). The molecular formula is C13H17FN2O. The molecule has 1 amide bonds. The summed E-state index contributed by atoms with van der Waals surface area (Å²) in [6.45, 7) is 1.28. The molecule has 1 fully saturated rings. The molecule has 1 aliphatic rings. The zero-order chi connectivity index (χ0) is 12.1. The van der Waals surface area contributed by atoms with E-state index >= 15 is 0 Å². The van der Waals surface area contributed by atoms with Crippen LogP contribution in [-0.2, 0) is 11.3 Å². The summed E-state index contributed by atoms with van der Waals surface area (Å²) in [6.07, 6.45) is 3.10. The molecule has 1 heterocycles. The van der Waals surface area contributed by atoms with Crippen LogP contribution in [0.4, 0.5) is 4.39 Å². The summed E-state index contributed by atoms with van der Waals surface area (Å²) < 4.78 is 12.9. The Balaban J connectivity index is 1.83. The van der Waals surface area contributed by atoms with Crippen LogP contribution < -0.4 is 10.6 Å². The molecule has 1 aromatic carbocycles. The molecule has 17 heavy (non-hydrogen) atoms. The Bertz CT molecular complexity index is 389. The molecule has 1 saturated heterocycles. The number of halogens is 1. The number of hydrogen-bond acceptors (Lipinski definition) is 2. The number of rotatable bonds is 3. The van der Waals surface area contributed by atoms with E-state index in [9.17, 15) is 9.18 Å². The van der Waals surface area contributed by atoms with E-state index in [0.29, 0.717) is 6.54 Å². The summed E-state index contributed by atoms with van der Waals surface area (Å²) in [5, 5.41) is 6.01. The predicted octanol–water partition coefficient (Wildman–Crippen LogP) is 1.58. The molecule has 92 valence electrons. The summed E-state index contributed by atoms with van der Waals surface area (Å²) in [5.41, 5.74) is 0.786. The summed E-state index contributed by atoms with van der Waals surface area (Å²) in [4.78, 5) is 11.8. The lowest BCUT2D eigenvalue weighted by Crippen LogP contribution is -2.46. The highest BCUT2D eigenvalue weighted by atomic mass is 19.1. The van der Waals surface area contributed by atoms with Crippen molar-refractivity contribution in [3.8, 4) is 0 Å². The van der Waals surface area contributed by atoms with Crippen molar-refractivity contribution in [2.24, 2.45) is 0 Å². The average molecular weight is 236 g/mol. The van der Waals surface area contributed by atoms with Crippen molar-refractivity contribution in [1.29, 1.82) is 0 Å². The maximum absolute atomic E-state index is 12.9. The van der Waals surface area contributed by atoms with Crippen LogP contribution in [-0.4, -0.2) is 18.5 Å². The van der Waals surface area contributed by atoms with Crippen molar-refractivity contribution in [1.82, 2.24) is 10.6 Å². The predicted molar refractivity (Wildman–Crippen MR) is 63.9 cm³/mol. The lowest BCUT2D eigenvalue weighted by molar-refractivity contribution is -0.123. The molecule has 4 heteroatoms. The molecule has 0 aromatic heterocycles. The van der Waals surface area contributed by atoms with Gasteiger partial charge in [0.25, 0.3) is 0 Å². The van der Waals surface area contributed by atoms with E-state index in [1.165, 1.54) is 12.1 Å². The van der Waals surface area contributed by atoms with E-state index in [1.54, 1.807) is 12.1 Å². The first-order chi connectivity index (χ1) is 8.25. The van der Waals surface area contributed by atoms with Crippen LogP contribution in [0.3, 0.4) is 0 Å². The fraction of sp³-hybridized carbons (Fsp3) is 0.462. The standard InChI is InChI=1S/C13H17FN2O/c14-11-5-3-4-10(8-11)9-16-13(17)12-6-1-2-7-15-12/h3-5,8,12,15H,1-2,6-7,9H2,(H,16,17)/t12-/m0/s1. The lowest BCUT2D eigenvalue weighted by atomic mass is 10.0. The summed E-state index contributed by atoms with van der Waals surface area (Å²) in [5.74, 6) is -0.262. The smallest absolute Gasteiger partial charge is 0.237 e. The van der Waals surface area contributed by atoms with Crippen molar-refractivity contribution in [2.75, 3.05) is 6.54 Å². The topological polar surface area (TPSA) is 41.1 Å². The van der Waals surface area contributed by atoms with Gasteiger partial charge in [0.15, 0.2) is 0 Å². The highest BCUT2D eigenvalue weighted by Crippen LogP contribution is 2.07. The van der Waals surface area contributed by atoms with Crippen molar-refractivity contribution in [3.63, 3.8) is 0 Å². The minimum Gasteiger partial charge on any atom is -0.351 e. The number of carbonyl (C=O) groups is 1. The molecule has 0 aliphatic carbocycles. The second-order valence-electron chi connectivity index (χ2n) is 4.35. The van der Waals surface area contributed by atoms with E-state index < -0.39 is 0 Å². The highest BCUT2D eigenvalue weighted by molar-refractivity contribution is 5.81. The second kappa shape index (κ2) is 5.77. The fourth-order valence-corrected chi connectivity index (χ4v) is 2.03. The zero-order valence-electron chi connectivity index (χ0n) is 9.71. The SMILES string of the molecule is O=C(NCc1cccc(F)c1)[C@@H]1CCCCN1. The maximum atomic E-state index is 12.9. The van der Waals surface area contributed by atoms with Gasteiger partial charge < -0.3 is 10.6 Å². The average Bonchev–Trinajstić information content (AvgIpc) is 2.37. The Morgan fingerprint density at radius 1 is 1.47 bits per heavy atom. The normalized spacial score (nSPS) is 19.9. The molecule has 0 radical (unpaired) electrons. The minimum atomic E-state index is -0.271. The number of hydrogen-bond donors (Lipinski definition) is 2. The van der Waals surface area contributed by atoms with E-state index in [-0.39, 0.29) is 17.8 Å². The van der Waals surface area contributed by atoms with E-state index in [0.717, 1.165) is 31.4 Å². The van der Waals surface area contributed by atoms with Crippen molar-refractivity contribution in [2.45, 2.75) is 31.8 Å². The van der Waals surface area contributed by atoms with Crippen molar-refractivity contribution >= 4 is 5.91 Å². The second-order valence-corrected chi connectivity index (χ2v) is 4.35. The molecule has 1 atom stereocenters.